The van der Waals surface area contributed by atoms with Crippen LogP contribution in [0.1, 0.15) is 22.6 Å². The normalized spacial score (nSPS) is 18.7. The van der Waals surface area contributed by atoms with Crippen molar-refractivity contribution in [2.45, 2.75) is 25.6 Å². The predicted octanol–water partition coefficient (Wildman–Crippen LogP) is 2.33. The van der Waals surface area contributed by atoms with Gasteiger partial charge in [0.2, 0.25) is 0 Å². The monoisotopic (exact) mass is 431 g/mol. The molecule has 2 unspecified atom stereocenters. The number of rotatable bonds is 4. The lowest BCUT2D eigenvalue weighted by atomic mass is 10.0. The van der Waals surface area contributed by atoms with Gasteiger partial charge >= 0.3 is 6.09 Å². The Morgan fingerprint density at radius 3 is 2.74 bits per heavy atom. The summed E-state index contributed by atoms with van der Waals surface area (Å²) in [7, 11) is 0. The molecule has 3 N–H and O–H groups in total. The van der Waals surface area contributed by atoms with Crippen LogP contribution < -0.4 is 10.6 Å². The molecule has 4 rings (SSSR count). The SMILES string of the molecule is Cc1cn2cc(NC(=O)c3cnc(NC4CCN(C(=O)O)CC4F)cn3)cc(F)c2n1. The van der Waals surface area contributed by atoms with Crippen LogP contribution in [0.25, 0.3) is 5.65 Å². The number of anilines is 2. The summed E-state index contributed by atoms with van der Waals surface area (Å²) < 4.78 is 29.8. The maximum absolute atomic E-state index is 14.2. The average Bonchev–Trinajstić information content (AvgIpc) is 3.10. The van der Waals surface area contributed by atoms with Gasteiger partial charge in [-0.1, -0.05) is 0 Å². The van der Waals surface area contributed by atoms with Crippen LogP contribution in [0.4, 0.5) is 25.1 Å². The summed E-state index contributed by atoms with van der Waals surface area (Å²) in [6.07, 6.45) is 3.39. The quantitative estimate of drug-likeness (QED) is 0.579. The number of hydrogen-bond donors (Lipinski definition) is 3. The van der Waals surface area contributed by atoms with Gasteiger partial charge in [-0.05, 0) is 13.3 Å². The molecule has 0 saturated carbocycles. The van der Waals surface area contributed by atoms with E-state index in [0.29, 0.717) is 5.69 Å². The largest absolute Gasteiger partial charge is 0.465 e. The predicted molar refractivity (Wildman–Crippen MR) is 106 cm³/mol. The molecule has 12 heteroatoms. The number of piperidine rings is 1. The first kappa shape index (κ1) is 20.4. The molecule has 0 aromatic carbocycles. The first-order valence-corrected chi connectivity index (χ1v) is 9.47. The fourth-order valence-corrected chi connectivity index (χ4v) is 3.39. The zero-order chi connectivity index (χ0) is 22.1. The zero-order valence-electron chi connectivity index (χ0n) is 16.4. The minimum Gasteiger partial charge on any atom is -0.465 e. The number of nitrogens with zero attached hydrogens (tertiary/aromatic N) is 5. The standard InChI is InChI=1S/C19H19F2N7O3/c1-10-7-28-8-11(4-12(20)17(28)24-10)25-18(29)15-5-23-16(6-22-15)26-14-2-3-27(19(30)31)9-13(14)21/h4-8,13-14H,2-3,9H2,1H3,(H,23,26)(H,25,29)(H,30,31). The van der Waals surface area contributed by atoms with E-state index in [0.717, 1.165) is 11.0 Å². The number of likely N-dealkylation sites (tertiary alicyclic amines) is 1. The molecule has 10 nitrogen and oxygen atoms in total. The molecule has 3 aromatic heterocycles. The van der Waals surface area contributed by atoms with Crippen molar-refractivity contribution in [1.29, 1.82) is 0 Å². The van der Waals surface area contributed by atoms with Gasteiger partial charge in [-0.2, -0.15) is 0 Å². The van der Waals surface area contributed by atoms with Crippen LogP contribution in [-0.2, 0) is 0 Å². The Morgan fingerprint density at radius 2 is 2.06 bits per heavy atom. The average molecular weight is 431 g/mol. The minimum absolute atomic E-state index is 0.00892. The molecule has 2 amide bonds. The van der Waals surface area contributed by atoms with Crippen molar-refractivity contribution in [3.8, 4) is 0 Å². The molecule has 0 bridgehead atoms. The number of halogens is 2. The van der Waals surface area contributed by atoms with E-state index >= 15 is 0 Å². The van der Waals surface area contributed by atoms with E-state index in [1.165, 1.54) is 23.0 Å². The zero-order valence-corrected chi connectivity index (χ0v) is 16.4. The van der Waals surface area contributed by atoms with Crippen LogP contribution >= 0.6 is 0 Å². The van der Waals surface area contributed by atoms with E-state index in [9.17, 15) is 18.4 Å². The Bertz CT molecular complexity index is 1140. The van der Waals surface area contributed by atoms with Crippen molar-refractivity contribution >= 4 is 29.2 Å². The Kier molecular flexibility index (Phi) is 5.36. The number of carbonyl (C=O) groups excluding carboxylic acids is 1. The first-order valence-electron chi connectivity index (χ1n) is 9.47. The van der Waals surface area contributed by atoms with Crippen molar-refractivity contribution in [2.75, 3.05) is 23.7 Å². The molecule has 2 atom stereocenters. The van der Waals surface area contributed by atoms with Gasteiger partial charge in [0.25, 0.3) is 5.91 Å². The van der Waals surface area contributed by atoms with Gasteiger partial charge in [-0.3, -0.25) is 4.79 Å². The van der Waals surface area contributed by atoms with Crippen molar-refractivity contribution < 1.29 is 23.5 Å². The number of fused-ring (bicyclic) bond motifs is 1. The minimum atomic E-state index is -1.40. The van der Waals surface area contributed by atoms with Crippen LogP contribution in [0.3, 0.4) is 0 Å². The smallest absolute Gasteiger partial charge is 0.407 e. The highest BCUT2D eigenvalue weighted by Crippen LogP contribution is 2.19. The molecular formula is C19H19F2N7O3. The highest BCUT2D eigenvalue weighted by Gasteiger charge is 2.31. The summed E-state index contributed by atoms with van der Waals surface area (Å²) >= 11 is 0. The van der Waals surface area contributed by atoms with E-state index in [2.05, 4.69) is 25.6 Å². The highest BCUT2D eigenvalue weighted by atomic mass is 19.1. The Labute approximate surface area is 174 Å². The van der Waals surface area contributed by atoms with Crippen LogP contribution in [0.2, 0.25) is 0 Å². The van der Waals surface area contributed by atoms with Crippen molar-refractivity contribution in [3.05, 3.63) is 48.1 Å². The summed E-state index contributed by atoms with van der Waals surface area (Å²) in [4.78, 5) is 36.5. The maximum atomic E-state index is 14.2. The van der Waals surface area contributed by atoms with Gasteiger partial charge in [0.15, 0.2) is 11.5 Å². The summed E-state index contributed by atoms with van der Waals surface area (Å²) in [6.45, 7) is 1.72. The Balaban J connectivity index is 1.40. The molecule has 0 radical (unpaired) electrons. The van der Waals surface area contributed by atoms with Gasteiger partial charge < -0.3 is 25.0 Å². The van der Waals surface area contributed by atoms with E-state index in [1.54, 1.807) is 13.1 Å². The van der Waals surface area contributed by atoms with Gasteiger partial charge in [-0.15, -0.1) is 0 Å². The van der Waals surface area contributed by atoms with Crippen molar-refractivity contribution in [1.82, 2.24) is 24.3 Å². The number of pyridine rings is 1. The summed E-state index contributed by atoms with van der Waals surface area (Å²) in [6, 6.07) is 0.548. The van der Waals surface area contributed by atoms with Crippen LogP contribution in [0.15, 0.2) is 30.9 Å². The summed E-state index contributed by atoms with van der Waals surface area (Å²) in [5.74, 6) is -0.909. The van der Waals surface area contributed by atoms with Gasteiger partial charge in [0, 0.05) is 25.0 Å². The molecular weight excluding hydrogens is 412 g/mol. The number of nitrogens with one attached hydrogen (secondary N) is 2. The van der Waals surface area contributed by atoms with E-state index in [1.807, 2.05) is 0 Å². The number of aromatic nitrogens is 4. The first-order chi connectivity index (χ1) is 14.8. The number of hydrogen-bond acceptors (Lipinski definition) is 6. The maximum Gasteiger partial charge on any atom is 0.407 e. The van der Waals surface area contributed by atoms with Crippen LogP contribution in [0, 0.1) is 12.7 Å². The molecule has 1 fully saturated rings. The molecule has 0 aliphatic carbocycles. The molecule has 3 aromatic rings. The van der Waals surface area contributed by atoms with Crippen molar-refractivity contribution in [3.63, 3.8) is 0 Å². The van der Waals surface area contributed by atoms with Gasteiger partial charge in [-0.25, -0.2) is 28.5 Å². The Morgan fingerprint density at radius 1 is 1.26 bits per heavy atom. The number of aryl methyl sites for hydroxylation is 1. The summed E-state index contributed by atoms with van der Waals surface area (Å²) in [5.41, 5.74) is 1.01. The molecule has 1 aliphatic heterocycles. The van der Waals surface area contributed by atoms with Crippen molar-refractivity contribution in [2.24, 2.45) is 0 Å². The second kappa shape index (κ2) is 8.13. The molecule has 0 spiro atoms. The van der Waals surface area contributed by atoms with E-state index in [-0.39, 0.29) is 42.4 Å². The Hall–Kier alpha value is -3.83. The molecule has 1 saturated heterocycles. The number of amides is 2. The molecule has 31 heavy (non-hydrogen) atoms. The third-order valence-electron chi connectivity index (χ3n) is 4.91. The number of imidazole rings is 1. The summed E-state index contributed by atoms with van der Waals surface area (Å²) in [5, 5.41) is 14.4. The van der Waals surface area contributed by atoms with E-state index in [4.69, 9.17) is 5.11 Å². The lowest BCUT2D eigenvalue weighted by Crippen LogP contribution is -2.49. The van der Waals surface area contributed by atoms with Crippen LogP contribution in [0.5, 0.6) is 0 Å². The third kappa shape index (κ3) is 4.37. The van der Waals surface area contributed by atoms with Crippen LogP contribution in [-0.4, -0.2) is 66.7 Å². The number of carbonyl (C=O) groups is 2. The highest BCUT2D eigenvalue weighted by molar-refractivity contribution is 6.02. The lowest BCUT2D eigenvalue weighted by Gasteiger charge is -2.33. The number of carboxylic acid groups (broad SMARTS) is 1. The third-order valence-corrected chi connectivity index (χ3v) is 4.91. The number of alkyl halides is 1. The topological polar surface area (TPSA) is 125 Å². The molecule has 1 aliphatic rings. The van der Waals surface area contributed by atoms with Gasteiger partial charge in [0.1, 0.15) is 17.7 Å². The fraction of sp³-hybridized carbons (Fsp3) is 0.316. The van der Waals surface area contributed by atoms with Gasteiger partial charge in [0.05, 0.1) is 36.4 Å². The second-order valence-corrected chi connectivity index (χ2v) is 7.21. The molecule has 4 heterocycles. The molecule has 162 valence electrons. The van der Waals surface area contributed by atoms with E-state index < -0.39 is 30.0 Å². The lowest BCUT2D eigenvalue weighted by molar-refractivity contribution is 0.101. The fourth-order valence-electron chi connectivity index (χ4n) is 3.39. The second-order valence-electron chi connectivity index (χ2n) is 7.21.